The molecule has 1 aliphatic carbocycles. The maximum atomic E-state index is 13.6. The molecular formula is C24H17NO5. The van der Waals surface area contributed by atoms with E-state index in [1.807, 2.05) is 0 Å². The van der Waals surface area contributed by atoms with Crippen LogP contribution >= 0.6 is 0 Å². The van der Waals surface area contributed by atoms with Gasteiger partial charge in [0.2, 0.25) is 17.2 Å². The van der Waals surface area contributed by atoms with Gasteiger partial charge in [-0.05, 0) is 11.1 Å². The number of fused-ring (bicyclic) bond motifs is 1. The minimum absolute atomic E-state index is 0.249. The molecule has 1 heterocycles. The third-order valence-electron chi connectivity index (χ3n) is 6.02. The fraction of sp³-hybridized carbons (Fsp3) is 0.167. The summed E-state index contributed by atoms with van der Waals surface area (Å²) in [7, 11) is 0. The fourth-order valence-corrected chi connectivity index (χ4v) is 4.76. The molecule has 0 amide bonds. The predicted molar refractivity (Wildman–Crippen MR) is 108 cm³/mol. The molecule has 148 valence electrons. The van der Waals surface area contributed by atoms with Crippen LogP contribution in [0.5, 0.6) is 0 Å². The van der Waals surface area contributed by atoms with Crippen molar-refractivity contribution in [1.29, 1.82) is 0 Å². The van der Waals surface area contributed by atoms with Crippen molar-refractivity contribution in [3.05, 3.63) is 117 Å². The minimum atomic E-state index is -1.96. The predicted octanol–water partition coefficient (Wildman–Crippen LogP) is 4.01. The van der Waals surface area contributed by atoms with Gasteiger partial charge < -0.3 is 4.74 Å². The standard InChI is InChI=1S/C24H17NO5/c26-22-17-13-7-8-14-18(17)23(27)24(22)19(15-9-3-1-4-10-15)20(25(28)29)21(30-24)16-11-5-2-6-12-16/h1-14,19-21H/t19-,20-,21-/m1/s1. The van der Waals surface area contributed by atoms with Crippen molar-refractivity contribution in [1.82, 2.24) is 0 Å². The van der Waals surface area contributed by atoms with Gasteiger partial charge in [-0.2, -0.15) is 0 Å². The van der Waals surface area contributed by atoms with Crippen molar-refractivity contribution in [3.8, 4) is 0 Å². The summed E-state index contributed by atoms with van der Waals surface area (Å²) in [4.78, 5) is 39.1. The molecule has 1 spiro atoms. The van der Waals surface area contributed by atoms with Crippen LogP contribution in [0.3, 0.4) is 0 Å². The SMILES string of the molecule is O=C1c2ccccc2C(=O)C12O[C@H](c1ccccc1)[C@H]([N+](=O)[O-])[C@H]2c1ccccc1. The van der Waals surface area contributed by atoms with Gasteiger partial charge in [-0.25, -0.2) is 0 Å². The van der Waals surface area contributed by atoms with Crippen LogP contribution in [0.4, 0.5) is 0 Å². The highest BCUT2D eigenvalue weighted by Crippen LogP contribution is 2.55. The topological polar surface area (TPSA) is 86.5 Å². The zero-order chi connectivity index (χ0) is 20.9. The van der Waals surface area contributed by atoms with E-state index in [9.17, 15) is 19.7 Å². The summed E-state index contributed by atoms with van der Waals surface area (Å²) in [5.74, 6) is -2.07. The van der Waals surface area contributed by atoms with E-state index in [2.05, 4.69) is 0 Å². The van der Waals surface area contributed by atoms with Gasteiger partial charge in [-0.3, -0.25) is 19.7 Å². The Kier molecular flexibility index (Phi) is 4.11. The summed E-state index contributed by atoms with van der Waals surface area (Å²) in [6.07, 6.45) is -1.03. The molecule has 3 aromatic rings. The minimum Gasteiger partial charge on any atom is -0.342 e. The van der Waals surface area contributed by atoms with E-state index < -0.39 is 40.2 Å². The van der Waals surface area contributed by atoms with Crippen LogP contribution in [0.15, 0.2) is 84.9 Å². The van der Waals surface area contributed by atoms with E-state index in [0.29, 0.717) is 11.1 Å². The molecule has 5 rings (SSSR count). The third-order valence-corrected chi connectivity index (χ3v) is 6.02. The van der Waals surface area contributed by atoms with Crippen LogP contribution in [0, 0.1) is 10.1 Å². The lowest BCUT2D eigenvalue weighted by molar-refractivity contribution is -0.531. The van der Waals surface area contributed by atoms with Crippen LogP contribution in [0.1, 0.15) is 43.9 Å². The second kappa shape index (κ2) is 6.71. The van der Waals surface area contributed by atoms with Crippen LogP contribution in [0.2, 0.25) is 0 Å². The lowest BCUT2D eigenvalue weighted by Gasteiger charge is -2.26. The Morgan fingerprint density at radius 1 is 0.733 bits per heavy atom. The first-order valence-electron chi connectivity index (χ1n) is 9.65. The molecule has 0 N–H and O–H groups in total. The molecule has 3 aromatic carbocycles. The van der Waals surface area contributed by atoms with Gasteiger partial charge in [0.05, 0.1) is 5.92 Å². The van der Waals surface area contributed by atoms with Crippen molar-refractivity contribution in [2.75, 3.05) is 0 Å². The molecule has 30 heavy (non-hydrogen) atoms. The summed E-state index contributed by atoms with van der Waals surface area (Å²) < 4.78 is 6.20. The molecule has 0 saturated carbocycles. The molecule has 1 fully saturated rings. The number of hydrogen-bond acceptors (Lipinski definition) is 5. The summed E-state index contributed by atoms with van der Waals surface area (Å²) in [6, 6.07) is 22.7. The number of Topliss-reactive ketones (excluding diaryl/α,β-unsaturated/α-hetero) is 2. The van der Waals surface area contributed by atoms with Crippen molar-refractivity contribution in [2.45, 2.75) is 23.7 Å². The van der Waals surface area contributed by atoms with Gasteiger partial charge in [0.25, 0.3) is 6.04 Å². The smallest absolute Gasteiger partial charge is 0.253 e. The van der Waals surface area contributed by atoms with Gasteiger partial charge in [-0.1, -0.05) is 84.9 Å². The summed E-state index contributed by atoms with van der Waals surface area (Å²) in [5.41, 5.74) is -0.359. The van der Waals surface area contributed by atoms with Gasteiger partial charge in [0.15, 0.2) is 6.10 Å². The lowest BCUT2D eigenvalue weighted by Crippen LogP contribution is -2.48. The monoisotopic (exact) mass is 399 g/mol. The molecule has 0 radical (unpaired) electrons. The Morgan fingerprint density at radius 2 is 1.20 bits per heavy atom. The summed E-state index contributed by atoms with van der Waals surface area (Å²) in [6.45, 7) is 0. The maximum absolute atomic E-state index is 13.6. The van der Waals surface area contributed by atoms with Crippen LogP contribution < -0.4 is 0 Å². The second-order valence-corrected chi connectivity index (χ2v) is 7.55. The number of carbonyl (C=O) groups excluding carboxylic acids is 2. The average Bonchev–Trinajstić information content (AvgIpc) is 3.26. The highest BCUT2D eigenvalue weighted by atomic mass is 16.6. The zero-order valence-corrected chi connectivity index (χ0v) is 15.8. The fourth-order valence-electron chi connectivity index (χ4n) is 4.76. The maximum Gasteiger partial charge on any atom is 0.253 e. The van der Waals surface area contributed by atoms with Gasteiger partial charge in [-0.15, -0.1) is 0 Å². The Balaban J connectivity index is 1.77. The van der Waals surface area contributed by atoms with Crippen LogP contribution in [-0.4, -0.2) is 28.1 Å². The average molecular weight is 399 g/mol. The van der Waals surface area contributed by atoms with E-state index in [-0.39, 0.29) is 11.1 Å². The molecule has 1 saturated heterocycles. The van der Waals surface area contributed by atoms with Crippen LogP contribution in [0.25, 0.3) is 0 Å². The van der Waals surface area contributed by atoms with Crippen molar-refractivity contribution in [2.24, 2.45) is 0 Å². The largest absolute Gasteiger partial charge is 0.342 e. The normalized spacial score (nSPS) is 24.2. The Bertz CT molecular complexity index is 1120. The van der Waals surface area contributed by atoms with Crippen molar-refractivity contribution < 1.29 is 19.2 Å². The summed E-state index contributed by atoms with van der Waals surface area (Å²) in [5, 5.41) is 12.3. The molecular weight excluding hydrogens is 382 g/mol. The van der Waals surface area contributed by atoms with Crippen LogP contribution in [-0.2, 0) is 4.74 Å². The number of carbonyl (C=O) groups is 2. The second-order valence-electron chi connectivity index (χ2n) is 7.55. The number of nitrogens with zero attached hydrogens (tertiary/aromatic N) is 1. The summed E-state index contributed by atoms with van der Waals surface area (Å²) >= 11 is 0. The van der Waals surface area contributed by atoms with Gasteiger partial charge in [0, 0.05) is 16.1 Å². The number of hydrogen-bond donors (Lipinski definition) is 0. The van der Waals surface area contributed by atoms with Gasteiger partial charge >= 0.3 is 0 Å². The number of ether oxygens (including phenoxy) is 1. The van der Waals surface area contributed by atoms with Crippen molar-refractivity contribution >= 4 is 11.6 Å². The Labute approximate surface area is 172 Å². The lowest BCUT2D eigenvalue weighted by atomic mass is 9.75. The van der Waals surface area contributed by atoms with E-state index in [4.69, 9.17) is 4.74 Å². The first-order chi connectivity index (χ1) is 14.6. The molecule has 6 nitrogen and oxygen atoms in total. The molecule has 0 aromatic heterocycles. The molecule has 0 bridgehead atoms. The van der Waals surface area contributed by atoms with Crippen molar-refractivity contribution in [3.63, 3.8) is 0 Å². The molecule has 2 aliphatic rings. The highest BCUT2D eigenvalue weighted by Gasteiger charge is 2.71. The molecule has 1 aliphatic heterocycles. The first kappa shape index (κ1) is 18.4. The number of ketones is 2. The number of rotatable bonds is 3. The van der Waals surface area contributed by atoms with E-state index in [0.717, 1.165) is 0 Å². The van der Waals surface area contributed by atoms with E-state index in [1.165, 1.54) is 0 Å². The Morgan fingerprint density at radius 3 is 1.70 bits per heavy atom. The quantitative estimate of drug-likeness (QED) is 0.377. The van der Waals surface area contributed by atoms with E-state index >= 15 is 0 Å². The van der Waals surface area contributed by atoms with Gasteiger partial charge in [0.1, 0.15) is 0 Å². The number of nitro groups is 1. The zero-order valence-electron chi connectivity index (χ0n) is 15.8. The molecule has 0 unspecified atom stereocenters. The molecule has 3 atom stereocenters. The number of benzene rings is 3. The third kappa shape index (κ3) is 2.40. The van der Waals surface area contributed by atoms with E-state index in [1.54, 1.807) is 84.9 Å². The first-order valence-corrected chi connectivity index (χ1v) is 9.65. The Hall–Kier alpha value is -3.64. The highest BCUT2D eigenvalue weighted by molar-refractivity contribution is 6.33. The molecule has 6 heteroatoms.